The number of hydrogen-bond donors (Lipinski definition) is 2. The van der Waals surface area contributed by atoms with E-state index in [1.54, 1.807) is 0 Å². The maximum atomic E-state index is 11.7. The summed E-state index contributed by atoms with van der Waals surface area (Å²) in [5, 5.41) is 22.7. The third kappa shape index (κ3) is 3.85. The van der Waals surface area contributed by atoms with E-state index in [0.29, 0.717) is 12.3 Å². The highest BCUT2D eigenvalue weighted by atomic mass is 32.2. The Labute approximate surface area is 124 Å². The van der Waals surface area contributed by atoms with Gasteiger partial charge in [0.25, 0.3) is 10.9 Å². The molecule has 0 spiro atoms. The standard InChI is InChI=1S/C12H13N3O5S/c16-10-2-1-9(15(19)20)5-8(10)6-13-11(17)7-14-3-4-21-12(14)18/h1-2,5,16H,3-4,6-7H2,(H,13,17). The highest BCUT2D eigenvalue weighted by molar-refractivity contribution is 8.13. The molecule has 21 heavy (non-hydrogen) atoms. The molecule has 9 heteroatoms. The molecule has 1 aromatic carbocycles. The normalized spacial score (nSPS) is 14.3. The molecule has 1 aliphatic rings. The van der Waals surface area contributed by atoms with E-state index in [1.165, 1.54) is 23.1 Å². The van der Waals surface area contributed by atoms with Crippen molar-refractivity contribution in [3.63, 3.8) is 0 Å². The lowest BCUT2D eigenvalue weighted by molar-refractivity contribution is -0.384. The Kier molecular flexibility index (Phi) is 4.63. The van der Waals surface area contributed by atoms with Crippen molar-refractivity contribution in [1.82, 2.24) is 10.2 Å². The van der Waals surface area contributed by atoms with Crippen LogP contribution in [0.2, 0.25) is 0 Å². The van der Waals surface area contributed by atoms with Gasteiger partial charge in [0.2, 0.25) is 5.91 Å². The molecule has 8 nitrogen and oxygen atoms in total. The van der Waals surface area contributed by atoms with Gasteiger partial charge in [0, 0.05) is 36.5 Å². The summed E-state index contributed by atoms with van der Waals surface area (Å²) in [6.45, 7) is 0.433. The Balaban J connectivity index is 1.93. The summed E-state index contributed by atoms with van der Waals surface area (Å²) in [5.74, 6) is 0.156. The van der Waals surface area contributed by atoms with E-state index in [4.69, 9.17) is 0 Å². The molecule has 1 aliphatic heterocycles. The van der Waals surface area contributed by atoms with Crippen LogP contribution in [0.5, 0.6) is 5.75 Å². The summed E-state index contributed by atoms with van der Waals surface area (Å²) in [5.41, 5.74) is 0.0860. The smallest absolute Gasteiger partial charge is 0.282 e. The number of non-ortho nitro benzene ring substituents is 1. The highest BCUT2D eigenvalue weighted by Crippen LogP contribution is 2.22. The van der Waals surface area contributed by atoms with Gasteiger partial charge in [-0.05, 0) is 6.07 Å². The van der Waals surface area contributed by atoms with Crippen LogP contribution >= 0.6 is 11.8 Å². The fourth-order valence-corrected chi connectivity index (χ4v) is 2.64. The van der Waals surface area contributed by atoms with E-state index in [1.807, 2.05) is 0 Å². The van der Waals surface area contributed by atoms with Crippen LogP contribution < -0.4 is 5.32 Å². The number of hydrogen-bond acceptors (Lipinski definition) is 6. The summed E-state index contributed by atoms with van der Waals surface area (Å²) >= 11 is 1.16. The first kappa shape index (κ1) is 15.1. The number of benzene rings is 1. The van der Waals surface area contributed by atoms with Crippen LogP contribution in [0.15, 0.2) is 18.2 Å². The lowest BCUT2D eigenvalue weighted by atomic mass is 10.2. The molecule has 1 aromatic rings. The number of nitrogens with zero attached hydrogens (tertiary/aromatic N) is 2. The van der Waals surface area contributed by atoms with Crippen LogP contribution in [0, 0.1) is 10.1 Å². The number of aromatic hydroxyl groups is 1. The van der Waals surface area contributed by atoms with E-state index in [-0.39, 0.29) is 41.2 Å². The van der Waals surface area contributed by atoms with E-state index in [0.717, 1.165) is 11.8 Å². The van der Waals surface area contributed by atoms with Crippen LogP contribution in [0.1, 0.15) is 5.56 Å². The fraction of sp³-hybridized carbons (Fsp3) is 0.333. The van der Waals surface area contributed by atoms with E-state index in [9.17, 15) is 24.8 Å². The number of nitrogens with one attached hydrogen (secondary N) is 1. The minimum atomic E-state index is -0.578. The van der Waals surface area contributed by atoms with Crippen molar-refractivity contribution in [3.05, 3.63) is 33.9 Å². The molecule has 0 aromatic heterocycles. The number of phenolic OH excluding ortho intramolecular Hbond substituents is 1. The van der Waals surface area contributed by atoms with E-state index < -0.39 is 4.92 Å². The van der Waals surface area contributed by atoms with Gasteiger partial charge < -0.3 is 15.3 Å². The van der Waals surface area contributed by atoms with Crippen LogP contribution in [0.4, 0.5) is 10.5 Å². The van der Waals surface area contributed by atoms with Gasteiger partial charge in [0.05, 0.1) is 4.92 Å². The van der Waals surface area contributed by atoms with Crippen LogP contribution in [-0.4, -0.2) is 44.9 Å². The van der Waals surface area contributed by atoms with Crippen LogP contribution in [-0.2, 0) is 11.3 Å². The number of amides is 2. The van der Waals surface area contributed by atoms with Gasteiger partial charge in [-0.3, -0.25) is 19.7 Å². The molecule has 1 saturated heterocycles. The zero-order chi connectivity index (χ0) is 15.4. The molecule has 0 saturated carbocycles. The molecule has 112 valence electrons. The first-order chi connectivity index (χ1) is 9.97. The maximum absolute atomic E-state index is 11.7. The van der Waals surface area contributed by atoms with E-state index in [2.05, 4.69) is 5.32 Å². The molecule has 0 atom stereocenters. The third-order valence-electron chi connectivity index (χ3n) is 2.93. The second kappa shape index (κ2) is 6.44. The summed E-state index contributed by atoms with van der Waals surface area (Å²) in [4.78, 5) is 34.6. The first-order valence-corrected chi connectivity index (χ1v) is 7.10. The van der Waals surface area contributed by atoms with Crippen molar-refractivity contribution < 1.29 is 19.6 Å². The predicted octanol–water partition coefficient (Wildman–Crippen LogP) is 1.09. The molecule has 0 bridgehead atoms. The van der Waals surface area contributed by atoms with Crippen molar-refractivity contribution in [3.8, 4) is 5.75 Å². The van der Waals surface area contributed by atoms with Gasteiger partial charge in [-0.15, -0.1) is 0 Å². The van der Waals surface area contributed by atoms with Crippen LogP contribution in [0.25, 0.3) is 0 Å². The zero-order valence-electron chi connectivity index (χ0n) is 10.9. The lowest BCUT2D eigenvalue weighted by Gasteiger charge is -2.14. The molecule has 1 fully saturated rings. The number of phenols is 1. The Morgan fingerprint density at radius 3 is 2.90 bits per heavy atom. The Morgan fingerprint density at radius 1 is 1.52 bits per heavy atom. The maximum Gasteiger partial charge on any atom is 0.282 e. The minimum absolute atomic E-state index is 0.0402. The number of nitro benzene ring substituents is 1. The molecule has 2 N–H and O–H groups in total. The number of rotatable bonds is 5. The summed E-state index contributed by atoms with van der Waals surface area (Å²) in [6, 6.07) is 3.59. The quantitative estimate of drug-likeness (QED) is 0.621. The number of nitro groups is 1. The average Bonchev–Trinajstić information content (AvgIpc) is 2.83. The number of carbonyl (C=O) groups is 2. The largest absolute Gasteiger partial charge is 0.508 e. The monoisotopic (exact) mass is 311 g/mol. The van der Waals surface area contributed by atoms with E-state index >= 15 is 0 Å². The second-order valence-corrected chi connectivity index (χ2v) is 5.43. The highest BCUT2D eigenvalue weighted by Gasteiger charge is 2.23. The Morgan fingerprint density at radius 2 is 2.29 bits per heavy atom. The molecular formula is C12H13N3O5S. The van der Waals surface area contributed by atoms with Crippen molar-refractivity contribution in [1.29, 1.82) is 0 Å². The van der Waals surface area contributed by atoms with Crippen molar-refractivity contribution in [2.24, 2.45) is 0 Å². The minimum Gasteiger partial charge on any atom is -0.508 e. The van der Waals surface area contributed by atoms with Crippen molar-refractivity contribution >= 4 is 28.6 Å². The van der Waals surface area contributed by atoms with Crippen molar-refractivity contribution in [2.45, 2.75) is 6.54 Å². The molecule has 2 amide bonds. The van der Waals surface area contributed by atoms with Gasteiger partial charge in [0.15, 0.2) is 0 Å². The average molecular weight is 311 g/mol. The second-order valence-electron chi connectivity index (χ2n) is 4.38. The molecule has 1 heterocycles. The van der Waals surface area contributed by atoms with Gasteiger partial charge >= 0.3 is 0 Å². The molecule has 0 unspecified atom stereocenters. The van der Waals surface area contributed by atoms with Crippen LogP contribution in [0.3, 0.4) is 0 Å². The van der Waals surface area contributed by atoms with Gasteiger partial charge in [-0.2, -0.15) is 0 Å². The number of carbonyl (C=O) groups excluding carboxylic acids is 2. The lowest BCUT2D eigenvalue weighted by Crippen LogP contribution is -2.36. The Bertz CT molecular complexity index is 592. The summed E-state index contributed by atoms with van der Waals surface area (Å²) < 4.78 is 0. The first-order valence-electron chi connectivity index (χ1n) is 6.12. The topological polar surface area (TPSA) is 113 Å². The van der Waals surface area contributed by atoms with Crippen molar-refractivity contribution in [2.75, 3.05) is 18.8 Å². The molecule has 0 radical (unpaired) electrons. The van der Waals surface area contributed by atoms with Gasteiger partial charge in [0.1, 0.15) is 12.3 Å². The summed E-state index contributed by atoms with van der Waals surface area (Å²) in [7, 11) is 0. The molecule has 0 aliphatic carbocycles. The Hall–Kier alpha value is -2.29. The van der Waals surface area contributed by atoms with Gasteiger partial charge in [-0.25, -0.2) is 0 Å². The fourth-order valence-electron chi connectivity index (χ4n) is 1.82. The SMILES string of the molecule is O=C(CN1CCSC1=O)NCc1cc([N+](=O)[O-])ccc1O. The number of thioether (sulfide) groups is 1. The molecule has 2 rings (SSSR count). The predicted molar refractivity (Wildman–Crippen MR) is 76.0 cm³/mol. The molecular weight excluding hydrogens is 298 g/mol. The zero-order valence-corrected chi connectivity index (χ0v) is 11.8. The van der Waals surface area contributed by atoms with Gasteiger partial charge in [-0.1, -0.05) is 11.8 Å². The third-order valence-corrected chi connectivity index (χ3v) is 3.82. The summed E-state index contributed by atoms with van der Waals surface area (Å²) in [6.07, 6.45) is 0.